The second-order valence-electron chi connectivity index (χ2n) is 1.25. The topological polar surface area (TPSA) is 70.0 Å². The van der Waals surface area contributed by atoms with E-state index in [2.05, 4.69) is 0 Å². The van der Waals surface area contributed by atoms with E-state index in [1.54, 1.807) is 6.07 Å². The van der Waals surface area contributed by atoms with Gasteiger partial charge in [0.1, 0.15) is 0 Å². The Bertz CT molecular complexity index is 188. The Balaban J connectivity index is 3.63. The molecule has 0 fully saturated rings. The summed E-state index contributed by atoms with van der Waals surface area (Å²) in [4.78, 5) is 0. The van der Waals surface area contributed by atoms with Crippen molar-refractivity contribution in [2.24, 2.45) is 0 Å². The Labute approximate surface area is 48.2 Å². The molecule has 0 bridgehead atoms. The van der Waals surface area contributed by atoms with E-state index in [1.807, 2.05) is 4.72 Å². The summed E-state index contributed by atoms with van der Waals surface area (Å²) < 4.78 is 22.2. The van der Waals surface area contributed by atoms with Gasteiger partial charge in [0.25, 0.3) is 0 Å². The van der Waals surface area contributed by atoms with Crippen LogP contribution in [0.4, 0.5) is 0 Å². The SMILES string of the molecule is CS(=O)(=O)NCC#N. The van der Waals surface area contributed by atoms with E-state index in [4.69, 9.17) is 5.26 Å². The molecule has 0 aromatic rings. The summed E-state index contributed by atoms with van der Waals surface area (Å²) in [5.41, 5.74) is 0. The standard InChI is InChI=1S/C3H6N2O2S/c1-8(6,7)5-3-2-4/h5H,3H2,1H3. The van der Waals surface area contributed by atoms with E-state index < -0.39 is 10.0 Å². The van der Waals surface area contributed by atoms with E-state index in [9.17, 15) is 8.42 Å². The predicted molar refractivity (Wildman–Crippen MR) is 28.5 cm³/mol. The third-order valence-electron chi connectivity index (χ3n) is 0.413. The van der Waals surface area contributed by atoms with Crippen molar-refractivity contribution in [1.29, 1.82) is 5.26 Å². The molecule has 0 rings (SSSR count). The molecule has 1 N–H and O–H groups in total. The van der Waals surface area contributed by atoms with Crippen LogP contribution in [0.2, 0.25) is 0 Å². The van der Waals surface area contributed by atoms with E-state index in [1.165, 1.54) is 0 Å². The van der Waals surface area contributed by atoms with Crippen molar-refractivity contribution in [3.8, 4) is 6.07 Å². The summed E-state index contributed by atoms with van der Waals surface area (Å²) in [6, 6.07) is 1.63. The van der Waals surface area contributed by atoms with Crippen LogP contribution in [-0.2, 0) is 10.0 Å². The van der Waals surface area contributed by atoms with Gasteiger partial charge < -0.3 is 0 Å². The van der Waals surface area contributed by atoms with Crippen molar-refractivity contribution >= 4 is 10.0 Å². The van der Waals surface area contributed by atoms with Crippen LogP contribution in [0.25, 0.3) is 0 Å². The maximum Gasteiger partial charge on any atom is 0.209 e. The summed E-state index contributed by atoms with van der Waals surface area (Å²) >= 11 is 0. The monoisotopic (exact) mass is 134 g/mol. The molecule has 0 saturated heterocycles. The highest BCUT2D eigenvalue weighted by Crippen LogP contribution is 1.68. The molecule has 0 aromatic heterocycles. The minimum atomic E-state index is -3.16. The van der Waals surface area contributed by atoms with Gasteiger partial charge in [0.15, 0.2) is 0 Å². The largest absolute Gasteiger partial charge is 0.213 e. The maximum absolute atomic E-state index is 10.1. The first-order valence-electron chi connectivity index (χ1n) is 1.88. The molecule has 0 aromatic carbocycles. The quantitative estimate of drug-likeness (QED) is 0.495. The third-order valence-corrected chi connectivity index (χ3v) is 1.08. The summed E-state index contributed by atoms with van der Waals surface area (Å²) in [6.07, 6.45) is 1.00. The highest BCUT2D eigenvalue weighted by molar-refractivity contribution is 7.88. The molecule has 0 unspecified atom stereocenters. The van der Waals surface area contributed by atoms with Gasteiger partial charge in [-0.25, -0.2) is 13.1 Å². The highest BCUT2D eigenvalue weighted by atomic mass is 32.2. The molecular formula is C3H6N2O2S. The molecule has 0 saturated carbocycles. The average Bonchev–Trinajstić information content (AvgIpc) is 1.59. The smallest absolute Gasteiger partial charge is 0.209 e. The summed E-state index contributed by atoms with van der Waals surface area (Å²) in [5.74, 6) is 0. The van der Waals surface area contributed by atoms with Gasteiger partial charge in [-0.15, -0.1) is 0 Å². The van der Waals surface area contributed by atoms with Crippen LogP contribution >= 0.6 is 0 Å². The minimum Gasteiger partial charge on any atom is -0.213 e. The number of hydrogen-bond donors (Lipinski definition) is 1. The lowest BCUT2D eigenvalue weighted by atomic mass is 10.8. The van der Waals surface area contributed by atoms with Crippen molar-refractivity contribution < 1.29 is 8.42 Å². The maximum atomic E-state index is 10.1. The average molecular weight is 134 g/mol. The normalized spacial score (nSPS) is 10.5. The Morgan fingerprint density at radius 1 is 1.75 bits per heavy atom. The molecule has 0 atom stereocenters. The van der Waals surface area contributed by atoms with Gasteiger partial charge in [-0.2, -0.15) is 5.26 Å². The van der Waals surface area contributed by atoms with Gasteiger partial charge in [-0.3, -0.25) is 0 Å². The summed E-state index contributed by atoms with van der Waals surface area (Å²) in [5, 5.41) is 7.85. The van der Waals surface area contributed by atoms with Crippen LogP contribution in [-0.4, -0.2) is 21.2 Å². The number of nitriles is 1. The first-order valence-corrected chi connectivity index (χ1v) is 3.77. The fourth-order valence-electron chi connectivity index (χ4n) is 0.163. The zero-order chi connectivity index (χ0) is 6.62. The zero-order valence-corrected chi connectivity index (χ0v) is 5.20. The van der Waals surface area contributed by atoms with Crippen molar-refractivity contribution in [1.82, 2.24) is 4.72 Å². The van der Waals surface area contributed by atoms with Crippen LogP contribution in [0.3, 0.4) is 0 Å². The van der Waals surface area contributed by atoms with Gasteiger partial charge in [0.05, 0.1) is 18.9 Å². The van der Waals surface area contributed by atoms with Crippen molar-refractivity contribution in [2.45, 2.75) is 0 Å². The van der Waals surface area contributed by atoms with E-state index in [-0.39, 0.29) is 6.54 Å². The van der Waals surface area contributed by atoms with Gasteiger partial charge >= 0.3 is 0 Å². The molecule has 0 aliphatic heterocycles. The van der Waals surface area contributed by atoms with Crippen molar-refractivity contribution in [3.05, 3.63) is 0 Å². The van der Waals surface area contributed by atoms with E-state index in [0.717, 1.165) is 6.26 Å². The highest BCUT2D eigenvalue weighted by Gasteiger charge is 1.95. The van der Waals surface area contributed by atoms with Crippen LogP contribution < -0.4 is 4.72 Å². The van der Waals surface area contributed by atoms with E-state index >= 15 is 0 Å². The molecule has 8 heavy (non-hydrogen) atoms. The third kappa shape index (κ3) is 5.40. The van der Waals surface area contributed by atoms with Crippen LogP contribution in [0.5, 0.6) is 0 Å². The van der Waals surface area contributed by atoms with Crippen molar-refractivity contribution in [3.63, 3.8) is 0 Å². The van der Waals surface area contributed by atoms with Gasteiger partial charge in [-0.1, -0.05) is 0 Å². The molecule has 46 valence electrons. The number of nitrogens with zero attached hydrogens (tertiary/aromatic N) is 1. The molecule has 0 aliphatic rings. The molecule has 4 nitrogen and oxygen atoms in total. The molecule has 0 aliphatic carbocycles. The Morgan fingerprint density at radius 2 is 2.25 bits per heavy atom. The second kappa shape index (κ2) is 2.64. The second-order valence-corrected chi connectivity index (χ2v) is 3.08. The number of nitrogens with one attached hydrogen (secondary N) is 1. The Morgan fingerprint density at radius 3 is 2.38 bits per heavy atom. The van der Waals surface area contributed by atoms with Gasteiger partial charge in [0, 0.05) is 0 Å². The number of rotatable bonds is 2. The molecule has 0 amide bonds. The summed E-state index contributed by atoms with van der Waals surface area (Å²) in [6.45, 7) is -0.154. The van der Waals surface area contributed by atoms with Crippen LogP contribution in [0, 0.1) is 11.3 Å². The first kappa shape index (κ1) is 7.40. The van der Waals surface area contributed by atoms with Crippen LogP contribution in [0.1, 0.15) is 0 Å². The lowest BCUT2D eigenvalue weighted by molar-refractivity contribution is 0.592. The van der Waals surface area contributed by atoms with Crippen LogP contribution in [0.15, 0.2) is 0 Å². The lowest BCUT2D eigenvalue weighted by Gasteiger charge is -1.90. The minimum absolute atomic E-state index is 0.154. The first-order chi connectivity index (χ1) is 3.56. The molecule has 0 heterocycles. The lowest BCUT2D eigenvalue weighted by Crippen LogP contribution is -2.21. The molecule has 5 heteroatoms. The number of hydrogen-bond acceptors (Lipinski definition) is 3. The predicted octanol–water partition coefficient (Wildman–Crippen LogP) is -0.941. The fourth-order valence-corrected chi connectivity index (χ4v) is 0.490. The molecule has 0 radical (unpaired) electrons. The molecule has 0 spiro atoms. The number of sulfonamides is 1. The fraction of sp³-hybridized carbons (Fsp3) is 0.667. The van der Waals surface area contributed by atoms with E-state index in [0.29, 0.717) is 0 Å². The van der Waals surface area contributed by atoms with Gasteiger partial charge in [0.2, 0.25) is 10.0 Å². The Kier molecular flexibility index (Phi) is 2.45. The Hall–Kier alpha value is -0.600. The summed E-state index contributed by atoms with van der Waals surface area (Å²) in [7, 11) is -3.16. The molecular weight excluding hydrogens is 128 g/mol. The van der Waals surface area contributed by atoms with Gasteiger partial charge in [-0.05, 0) is 0 Å². The zero-order valence-electron chi connectivity index (χ0n) is 4.38. The van der Waals surface area contributed by atoms with Crippen molar-refractivity contribution in [2.75, 3.05) is 12.8 Å².